The molecule has 1 aromatic carbocycles. The van der Waals surface area contributed by atoms with E-state index < -0.39 is 33.9 Å². The number of aliphatic hydroxyl groups is 2. The second kappa shape index (κ2) is 7.54. The maximum Gasteiger partial charge on any atom is 0.302 e. The van der Waals surface area contributed by atoms with Gasteiger partial charge in [-0.05, 0) is 31.2 Å². The van der Waals surface area contributed by atoms with Gasteiger partial charge in [-0.25, -0.2) is 0 Å². The van der Waals surface area contributed by atoms with Crippen LogP contribution in [0.2, 0.25) is 0 Å². The molecule has 1 unspecified atom stereocenters. The maximum absolute atomic E-state index is 11.4. The highest BCUT2D eigenvalue weighted by Crippen LogP contribution is 2.39. The van der Waals surface area contributed by atoms with Crippen LogP contribution in [-0.4, -0.2) is 32.7 Å². The maximum atomic E-state index is 11.4. The molecule has 132 valence electrons. The minimum Gasteiger partial charge on any atom is -0.392 e. The molecule has 0 bridgehead atoms. The Balaban J connectivity index is 2.36. The van der Waals surface area contributed by atoms with E-state index in [-0.39, 0.29) is 29.3 Å². The Labute approximate surface area is 138 Å². The van der Waals surface area contributed by atoms with E-state index in [1.165, 1.54) is 6.92 Å². The molecule has 9 heteroatoms. The molecule has 0 aromatic heterocycles. The highest BCUT2D eigenvalue weighted by molar-refractivity contribution is 5.77. The van der Waals surface area contributed by atoms with Crippen LogP contribution >= 0.6 is 0 Å². The predicted octanol–water partition coefficient (Wildman–Crippen LogP) is 2.27. The number of anilines is 1. The van der Waals surface area contributed by atoms with Gasteiger partial charge in [0.25, 0.3) is 5.69 Å². The first-order valence-corrected chi connectivity index (χ1v) is 7.84. The molecule has 1 aliphatic rings. The largest absolute Gasteiger partial charge is 0.392 e. The summed E-state index contributed by atoms with van der Waals surface area (Å²) in [6.45, 7) is 0.911. The molecular weight excluding hydrogens is 318 g/mol. The molecule has 1 fully saturated rings. The molecular formula is C15H21N3O6. The first-order valence-electron chi connectivity index (χ1n) is 7.84. The first-order chi connectivity index (χ1) is 11.4. The fraction of sp³-hybridized carbons (Fsp3) is 0.600. The van der Waals surface area contributed by atoms with Crippen LogP contribution in [0.4, 0.5) is 17.1 Å². The molecule has 1 atom stereocenters. The van der Waals surface area contributed by atoms with E-state index >= 15 is 0 Å². The van der Waals surface area contributed by atoms with Crippen molar-refractivity contribution < 1.29 is 20.1 Å². The Kier molecular flexibility index (Phi) is 5.68. The third kappa shape index (κ3) is 3.62. The SMILES string of the molecule is Cc1c(CO)cc([N+](=O)[O-])c(NCC(O)C2CCCC2)c1[N+](=O)[O-]. The molecule has 0 spiro atoms. The van der Waals surface area contributed by atoms with Gasteiger partial charge in [-0.15, -0.1) is 0 Å². The van der Waals surface area contributed by atoms with Crippen molar-refractivity contribution in [2.45, 2.75) is 45.3 Å². The van der Waals surface area contributed by atoms with Gasteiger partial charge in [-0.3, -0.25) is 20.2 Å². The predicted molar refractivity (Wildman–Crippen MR) is 86.9 cm³/mol. The fourth-order valence-corrected chi connectivity index (χ4v) is 3.23. The van der Waals surface area contributed by atoms with Crippen molar-refractivity contribution in [3.05, 3.63) is 37.4 Å². The van der Waals surface area contributed by atoms with E-state index in [2.05, 4.69) is 5.32 Å². The summed E-state index contributed by atoms with van der Waals surface area (Å²) in [5.74, 6) is 0.105. The Morgan fingerprint density at radius 1 is 1.29 bits per heavy atom. The summed E-state index contributed by atoms with van der Waals surface area (Å²) in [7, 11) is 0. The zero-order chi connectivity index (χ0) is 17.9. The molecule has 1 aliphatic carbocycles. The zero-order valence-corrected chi connectivity index (χ0v) is 13.4. The van der Waals surface area contributed by atoms with Crippen LogP contribution in [0.5, 0.6) is 0 Å². The lowest BCUT2D eigenvalue weighted by Gasteiger charge is -2.19. The average Bonchev–Trinajstić information content (AvgIpc) is 3.06. The van der Waals surface area contributed by atoms with Crippen molar-refractivity contribution in [3.63, 3.8) is 0 Å². The van der Waals surface area contributed by atoms with Crippen molar-refractivity contribution in [3.8, 4) is 0 Å². The molecule has 0 radical (unpaired) electrons. The second-order valence-corrected chi connectivity index (χ2v) is 6.07. The summed E-state index contributed by atoms with van der Waals surface area (Å²) in [5.41, 5.74) is -0.833. The number of nitrogens with zero attached hydrogens (tertiary/aromatic N) is 2. The smallest absolute Gasteiger partial charge is 0.302 e. The van der Waals surface area contributed by atoms with Crippen LogP contribution in [0.1, 0.15) is 36.8 Å². The number of nitro benzene ring substituents is 2. The highest BCUT2D eigenvalue weighted by Gasteiger charge is 2.31. The van der Waals surface area contributed by atoms with E-state index in [4.69, 9.17) is 0 Å². The monoisotopic (exact) mass is 339 g/mol. The highest BCUT2D eigenvalue weighted by atomic mass is 16.6. The summed E-state index contributed by atoms with van der Waals surface area (Å²) in [4.78, 5) is 21.2. The van der Waals surface area contributed by atoms with Gasteiger partial charge in [0.2, 0.25) is 0 Å². The van der Waals surface area contributed by atoms with Crippen LogP contribution in [0.3, 0.4) is 0 Å². The second-order valence-electron chi connectivity index (χ2n) is 6.07. The van der Waals surface area contributed by atoms with Gasteiger partial charge in [0.15, 0.2) is 5.69 Å². The molecule has 0 amide bonds. The molecule has 0 heterocycles. The van der Waals surface area contributed by atoms with Crippen LogP contribution in [0.25, 0.3) is 0 Å². The lowest BCUT2D eigenvalue weighted by atomic mass is 10.00. The molecule has 0 saturated heterocycles. The number of rotatable bonds is 7. The van der Waals surface area contributed by atoms with Gasteiger partial charge in [-0.1, -0.05) is 12.8 Å². The summed E-state index contributed by atoms with van der Waals surface area (Å²) in [5, 5.41) is 44.8. The minimum absolute atomic E-state index is 0.00422. The summed E-state index contributed by atoms with van der Waals surface area (Å²) < 4.78 is 0. The van der Waals surface area contributed by atoms with Crippen LogP contribution in [-0.2, 0) is 6.61 Å². The number of nitro groups is 2. The third-order valence-electron chi connectivity index (χ3n) is 4.62. The Morgan fingerprint density at radius 3 is 2.42 bits per heavy atom. The van der Waals surface area contributed by atoms with Crippen molar-refractivity contribution in [2.75, 3.05) is 11.9 Å². The zero-order valence-electron chi connectivity index (χ0n) is 13.4. The van der Waals surface area contributed by atoms with Gasteiger partial charge >= 0.3 is 5.69 Å². The lowest BCUT2D eigenvalue weighted by molar-refractivity contribution is -0.392. The van der Waals surface area contributed by atoms with E-state index in [0.717, 1.165) is 31.7 Å². The van der Waals surface area contributed by atoms with Gasteiger partial charge in [0.1, 0.15) is 0 Å². The van der Waals surface area contributed by atoms with Crippen molar-refractivity contribution in [2.24, 2.45) is 5.92 Å². The molecule has 2 rings (SSSR count). The Morgan fingerprint density at radius 2 is 1.92 bits per heavy atom. The molecule has 9 nitrogen and oxygen atoms in total. The summed E-state index contributed by atoms with van der Waals surface area (Å²) in [6, 6.07) is 1.13. The van der Waals surface area contributed by atoms with Crippen molar-refractivity contribution in [1.82, 2.24) is 0 Å². The number of hydrogen-bond donors (Lipinski definition) is 3. The molecule has 3 N–H and O–H groups in total. The fourth-order valence-electron chi connectivity index (χ4n) is 3.23. The number of nitrogens with one attached hydrogen (secondary N) is 1. The molecule has 0 aliphatic heterocycles. The average molecular weight is 339 g/mol. The normalized spacial score (nSPS) is 16.1. The van der Waals surface area contributed by atoms with Crippen LogP contribution < -0.4 is 5.32 Å². The third-order valence-corrected chi connectivity index (χ3v) is 4.62. The minimum atomic E-state index is -0.726. The van der Waals surface area contributed by atoms with Crippen LogP contribution in [0, 0.1) is 33.1 Å². The van der Waals surface area contributed by atoms with Gasteiger partial charge < -0.3 is 15.5 Å². The van der Waals surface area contributed by atoms with E-state index in [1.54, 1.807) is 0 Å². The lowest BCUT2D eigenvalue weighted by Crippen LogP contribution is -2.27. The number of hydrogen-bond acceptors (Lipinski definition) is 7. The van der Waals surface area contributed by atoms with Gasteiger partial charge in [-0.2, -0.15) is 0 Å². The van der Waals surface area contributed by atoms with E-state index in [9.17, 15) is 30.4 Å². The van der Waals surface area contributed by atoms with E-state index in [1.807, 2.05) is 0 Å². The quantitative estimate of drug-likeness (QED) is 0.511. The van der Waals surface area contributed by atoms with E-state index in [0.29, 0.717) is 0 Å². The van der Waals surface area contributed by atoms with Gasteiger partial charge in [0.05, 0.1) is 22.6 Å². The Bertz CT molecular complexity index is 643. The molecule has 1 saturated carbocycles. The molecule has 1 aromatic rings. The standard InChI is InChI=1S/C15H21N3O6/c1-9-11(8-19)6-12(17(21)22)14(15(9)18(23)24)16-7-13(20)10-4-2-3-5-10/h6,10,13,16,19-20H,2-5,7-8H2,1H3. The summed E-state index contributed by atoms with van der Waals surface area (Å²) >= 11 is 0. The topological polar surface area (TPSA) is 139 Å². The summed E-state index contributed by atoms with van der Waals surface area (Å²) in [6.07, 6.45) is 3.12. The van der Waals surface area contributed by atoms with Crippen molar-refractivity contribution >= 4 is 17.1 Å². The van der Waals surface area contributed by atoms with Crippen LogP contribution in [0.15, 0.2) is 6.07 Å². The number of aliphatic hydroxyl groups excluding tert-OH is 2. The molecule has 24 heavy (non-hydrogen) atoms. The van der Waals surface area contributed by atoms with Crippen molar-refractivity contribution in [1.29, 1.82) is 0 Å². The number of benzene rings is 1. The Hall–Kier alpha value is -2.26. The van der Waals surface area contributed by atoms with Gasteiger partial charge in [0, 0.05) is 18.2 Å². The first kappa shape index (κ1) is 18.1.